The zero-order valence-corrected chi connectivity index (χ0v) is 2.68. The maximum Gasteiger partial charge on any atom is 0.187 e. The van der Waals surface area contributed by atoms with Crippen molar-refractivity contribution >= 4 is 17.4 Å². The molecule has 0 saturated heterocycles. The van der Waals surface area contributed by atoms with Gasteiger partial charge in [0.05, 0.1) is 0 Å². The first-order valence-electron chi connectivity index (χ1n) is 0. The Morgan fingerprint density at radius 2 is 0.750 bits per heavy atom. The van der Waals surface area contributed by atoms with E-state index in [1.54, 1.807) is 0 Å². The Bertz CT molecular complexity index is 6.00. The van der Waals surface area contributed by atoms with E-state index >= 15 is 0 Å². The van der Waals surface area contributed by atoms with Gasteiger partial charge in [-0.2, -0.15) is 0 Å². The van der Waals surface area contributed by atoms with Crippen LogP contribution >= 0.6 is 0 Å². The van der Waals surface area contributed by atoms with E-state index in [0.717, 1.165) is 0 Å². The van der Waals surface area contributed by atoms with Crippen molar-refractivity contribution in [3.05, 3.63) is 0 Å². The molecule has 0 heterocycles. The Balaban J connectivity index is 0. The number of hydrogen-bond donors (Lipinski definition) is 0. The van der Waals surface area contributed by atoms with E-state index < -0.39 is 0 Å². The molecule has 28 valence electrons. The molecule has 0 fully saturated rings. The van der Waals surface area contributed by atoms with Gasteiger partial charge in [-0.3, -0.25) is 0 Å². The second-order valence-electron chi connectivity index (χ2n) is 0. The predicted molar refractivity (Wildman–Crippen MR) is 17.2 cm³/mol. The second kappa shape index (κ2) is 36.6. The van der Waals surface area contributed by atoms with Gasteiger partial charge in [-0.05, 0) is 0 Å². The SMILES string of the molecule is O.O.[AlH3].[Cr]. The zero-order valence-electron chi connectivity index (χ0n) is 1.41. The Kier molecular flexibility index (Phi) is 747. The van der Waals surface area contributed by atoms with Crippen LogP contribution in [0.1, 0.15) is 0 Å². The van der Waals surface area contributed by atoms with Crippen molar-refractivity contribution in [2.24, 2.45) is 0 Å². The molecule has 0 aromatic heterocycles. The van der Waals surface area contributed by atoms with Crippen LogP contribution in [0.5, 0.6) is 0 Å². The van der Waals surface area contributed by atoms with Gasteiger partial charge in [0, 0.05) is 17.4 Å². The molecular formula is H7AlCrO2. The number of rotatable bonds is 0. The molecule has 0 bridgehead atoms. The van der Waals surface area contributed by atoms with Crippen molar-refractivity contribution in [1.82, 2.24) is 0 Å². The summed E-state index contributed by atoms with van der Waals surface area (Å²) in [5, 5.41) is 0. The van der Waals surface area contributed by atoms with Crippen molar-refractivity contribution in [3.63, 3.8) is 0 Å². The third kappa shape index (κ3) is 12.1. The molecule has 0 aliphatic carbocycles. The molecule has 2 nitrogen and oxygen atoms in total. The molecule has 0 unspecified atom stereocenters. The van der Waals surface area contributed by atoms with Crippen molar-refractivity contribution in [2.75, 3.05) is 0 Å². The zero-order chi connectivity index (χ0) is 0. The van der Waals surface area contributed by atoms with Crippen LogP contribution in [0.15, 0.2) is 0 Å². The van der Waals surface area contributed by atoms with Crippen molar-refractivity contribution in [3.8, 4) is 0 Å². The monoisotopic (exact) mass is 118 g/mol. The van der Waals surface area contributed by atoms with Gasteiger partial charge in [0.15, 0.2) is 17.4 Å². The van der Waals surface area contributed by atoms with E-state index in [4.69, 9.17) is 0 Å². The average molecular weight is 118 g/mol. The summed E-state index contributed by atoms with van der Waals surface area (Å²) >= 11 is 0. The summed E-state index contributed by atoms with van der Waals surface area (Å²) in [6, 6.07) is 0. The van der Waals surface area contributed by atoms with E-state index in [0.29, 0.717) is 0 Å². The summed E-state index contributed by atoms with van der Waals surface area (Å²) in [6.45, 7) is 0. The van der Waals surface area contributed by atoms with Crippen LogP contribution in [0.2, 0.25) is 0 Å². The summed E-state index contributed by atoms with van der Waals surface area (Å²) in [7, 11) is 0. The van der Waals surface area contributed by atoms with E-state index in [1.807, 2.05) is 0 Å². The van der Waals surface area contributed by atoms with Gasteiger partial charge in [-0.25, -0.2) is 0 Å². The van der Waals surface area contributed by atoms with Crippen LogP contribution < -0.4 is 0 Å². The third-order valence-corrected chi connectivity index (χ3v) is 0. The molecule has 0 aromatic carbocycles. The Morgan fingerprint density at radius 3 is 0.750 bits per heavy atom. The predicted octanol–water partition coefficient (Wildman–Crippen LogP) is -2.84. The second-order valence-corrected chi connectivity index (χ2v) is 0. The fraction of sp³-hybridized carbons (Fsp3) is 0. The smallest absolute Gasteiger partial charge is 0.187 e. The molecule has 0 atom stereocenters. The normalized spacial score (nSPS) is 0. The quantitative estimate of drug-likeness (QED) is 0.308. The van der Waals surface area contributed by atoms with E-state index in [1.165, 1.54) is 0 Å². The van der Waals surface area contributed by atoms with Gasteiger partial charge < -0.3 is 11.0 Å². The minimum absolute atomic E-state index is 0. The van der Waals surface area contributed by atoms with Crippen LogP contribution in [0.3, 0.4) is 0 Å². The molecule has 0 aliphatic heterocycles. The molecule has 0 aromatic rings. The van der Waals surface area contributed by atoms with Crippen molar-refractivity contribution in [1.29, 1.82) is 0 Å². The largest absolute Gasteiger partial charge is 0.412 e. The maximum absolute atomic E-state index is 0. The summed E-state index contributed by atoms with van der Waals surface area (Å²) < 4.78 is 0. The van der Waals surface area contributed by atoms with E-state index in [9.17, 15) is 0 Å². The van der Waals surface area contributed by atoms with Gasteiger partial charge in [0.25, 0.3) is 0 Å². The van der Waals surface area contributed by atoms with Gasteiger partial charge in [-0.15, -0.1) is 0 Å². The van der Waals surface area contributed by atoms with E-state index in [-0.39, 0.29) is 45.7 Å². The Labute approximate surface area is 46.1 Å². The van der Waals surface area contributed by atoms with Gasteiger partial charge in [-0.1, -0.05) is 0 Å². The summed E-state index contributed by atoms with van der Waals surface area (Å²) in [6.07, 6.45) is 0. The first-order chi connectivity index (χ1) is 0. The summed E-state index contributed by atoms with van der Waals surface area (Å²) in [5.41, 5.74) is 0. The van der Waals surface area contributed by atoms with Crippen molar-refractivity contribution in [2.45, 2.75) is 0 Å². The molecule has 4 N–H and O–H groups in total. The molecule has 0 saturated carbocycles. The number of hydrogen-bond acceptors (Lipinski definition) is 0. The molecule has 0 amide bonds. The van der Waals surface area contributed by atoms with Crippen LogP contribution in [0.4, 0.5) is 0 Å². The fourth-order valence-electron chi connectivity index (χ4n) is 0. The molecular weight excluding hydrogens is 111 g/mol. The first-order valence-corrected chi connectivity index (χ1v) is 0. The van der Waals surface area contributed by atoms with Crippen LogP contribution in [-0.2, 0) is 17.4 Å². The molecule has 0 radical (unpaired) electrons. The molecule has 4 heavy (non-hydrogen) atoms. The minimum atomic E-state index is 0. The fourth-order valence-corrected chi connectivity index (χ4v) is 0. The molecule has 0 spiro atoms. The minimum Gasteiger partial charge on any atom is -0.412 e. The van der Waals surface area contributed by atoms with Crippen LogP contribution in [0.25, 0.3) is 0 Å². The molecule has 4 heteroatoms. The summed E-state index contributed by atoms with van der Waals surface area (Å²) in [4.78, 5) is 0. The van der Waals surface area contributed by atoms with Gasteiger partial charge >= 0.3 is 0 Å². The van der Waals surface area contributed by atoms with Crippen LogP contribution in [0, 0.1) is 0 Å². The maximum atomic E-state index is 0. The average Bonchev–Trinajstić information content (AvgIpc) is 0. The van der Waals surface area contributed by atoms with Crippen molar-refractivity contribution < 1.29 is 28.3 Å². The van der Waals surface area contributed by atoms with Gasteiger partial charge in [0.1, 0.15) is 0 Å². The molecule has 0 aliphatic rings. The Morgan fingerprint density at radius 1 is 0.750 bits per heavy atom. The third-order valence-electron chi connectivity index (χ3n) is 0. The molecule has 0 rings (SSSR count). The van der Waals surface area contributed by atoms with E-state index in [2.05, 4.69) is 0 Å². The van der Waals surface area contributed by atoms with Gasteiger partial charge in [0.2, 0.25) is 0 Å². The topological polar surface area (TPSA) is 63.0 Å². The van der Waals surface area contributed by atoms with Crippen LogP contribution in [-0.4, -0.2) is 28.3 Å². The standard InChI is InChI=1S/Al.Cr.2H2O.3H/h;;2*1H2;;;. The Hall–Kier alpha value is 0.985. The summed E-state index contributed by atoms with van der Waals surface area (Å²) in [5.74, 6) is 0. The first kappa shape index (κ1) is 81.6.